The van der Waals surface area contributed by atoms with Gasteiger partial charge in [-0.3, -0.25) is 4.79 Å². The van der Waals surface area contributed by atoms with Crippen molar-refractivity contribution in [1.82, 2.24) is 20.1 Å². The Morgan fingerprint density at radius 3 is 2.90 bits per heavy atom. The number of carbonyl (C=O) groups excluding carboxylic acids is 1. The van der Waals surface area contributed by atoms with Gasteiger partial charge in [-0.1, -0.05) is 0 Å². The summed E-state index contributed by atoms with van der Waals surface area (Å²) in [6.07, 6.45) is 0. The highest BCUT2D eigenvalue weighted by molar-refractivity contribution is 9.10. The van der Waals surface area contributed by atoms with Crippen molar-refractivity contribution in [2.75, 3.05) is 5.32 Å². The Balaban J connectivity index is 1.96. The largest absolute Gasteiger partial charge is 0.343 e. The third-order valence-electron chi connectivity index (χ3n) is 3.57. The van der Waals surface area contributed by atoms with Crippen LogP contribution in [0.1, 0.15) is 36.7 Å². The Labute approximate surface area is 131 Å². The Morgan fingerprint density at radius 1 is 1.43 bits per heavy atom. The van der Waals surface area contributed by atoms with E-state index in [1.807, 2.05) is 39.0 Å². The summed E-state index contributed by atoms with van der Waals surface area (Å²) in [5.74, 6) is 0.639. The van der Waals surface area contributed by atoms with Gasteiger partial charge in [0, 0.05) is 17.8 Å². The fourth-order valence-electron chi connectivity index (χ4n) is 2.51. The molecule has 0 atom stereocenters. The van der Waals surface area contributed by atoms with Crippen molar-refractivity contribution >= 4 is 33.5 Å². The van der Waals surface area contributed by atoms with Crippen LogP contribution in [0.15, 0.2) is 22.9 Å². The average molecular weight is 350 g/mol. The van der Waals surface area contributed by atoms with Crippen LogP contribution in [-0.2, 0) is 12.1 Å². The molecule has 3 rings (SSSR count). The van der Waals surface area contributed by atoms with Crippen molar-refractivity contribution in [1.29, 1.82) is 0 Å². The molecule has 0 unspecified atom stereocenters. The third-order valence-corrected chi connectivity index (χ3v) is 3.90. The van der Waals surface area contributed by atoms with Crippen LogP contribution in [0.3, 0.4) is 0 Å². The molecule has 110 valence electrons. The number of nitrogens with zero attached hydrogens (tertiary/aromatic N) is 3. The molecule has 0 radical (unpaired) electrons. The lowest BCUT2D eigenvalue weighted by Crippen LogP contribution is -2.32. The van der Waals surface area contributed by atoms with Crippen molar-refractivity contribution in [3.8, 4) is 0 Å². The molecular formula is C14H16BrN5O. The highest BCUT2D eigenvalue weighted by Crippen LogP contribution is 2.33. The Kier molecular flexibility index (Phi) is 3.24. The minimum Gasteiger partial charge on any atom is -0.343 e. The molecule has 1 aliphatic rings. The number of aromatic nitrogens is 3. The van der Waals surface area contributed by atoms with E-state index in [0.717, 1.165) is 23.4 Å². The second-order valence-corrected chi connectivity index (χ2v) is 6.19. The summed E-state index contributed by atoms with van der Waals surface area (Å²) in [5.41, 5.74) is 2.24. The quantitative estimate of drug-likeness (QED) is 0.893. The summed E-state index contributed by atoms with van der Waals surface area (Å²) in [4.78, 5) is 16.2. The molecule has 21 heavy (non-hydrogen) atoms. The molecule has 0 bridgehead atoms. The lowest BCUT2D eigenvalue weighted by molar-refractivity contribution is 0.0940. The number of benzene rings is 1. The van der Waals surface area contributed by atoms with Gasteiger partial charge < -0.3 is 10.6 Å². The van der Waals surface area contributed by atoms with Crippen molar-refractivity contribution in [2.45, 2.75) is 32.9 Å². The molecule has 1 amide bonds. The van der Waals surface area contributed by atoms with Crippen LogP contribution < -0.4 is 10.6 Å². The van der Waals surface area contributed by atoms with Crippen LogP contribution in [-0.4, -0.2) is 20.7 Å². The van der Waals surface area contributed by atoms with Gasteiger partial charge in [0.25, 0.3) is 5.91 Å². The van der Waals surface area contributed by atoms with Crippen LogP contribution in [0.2, 0.25) is 0 Å². The minimum absolute atomic E-state index is 0.0268. The maximum absolute atomic E-state index is 11.9. The third kappa shape index (κ3) is 2.42. The summed E-state index contributed by atoms with van der Waals surface area (Å²) in [6.45, 7) is 6.70. The van der Waals surface area contributed by atoms with Gasteiger partial charge in [0.2, 0.25) is 10.7 Å². The molecule has 0 saturated heterocycles. The number of hydrogen-bond donors (Lipinski definition) is 2. The minimum atomic E-state index is -0.358. The smallest absolute Gasteiger partial charge is 0.252 e. The summed E-state index contributed by atoms with van der Waals surface area (Å²) in [7, 11) is 0. The molecule has 2 aromatic rings. The number of nitrogens with one attached hydrogen (secondary N) is 2. The highest BCUT2D eigenvalue weighted by atomic mass is 79.9. The van der Waals surface area contributed by atoms with E-state index in [0.29, 0.717) is 10.7 Å². The first-order valence-electron chi connectivity index (χ1n) is 6.75. The van der Waals surface area contributed by atoms with Crippen molar-refractivity contribution in [2.24, 2.45) is 0 Å². The average Bonchev–Trinajstić information content (AvgIpc) is 2.88. The predicted octanol–water partition coefficient (Wildman–Crippen LogP) is 2.78. The zero-order valence-corrected chi connectivity index (χ0v) is 13.7. The zero-order chi connectivity index (χ0) is 15.2. The highest BCUT2D eigenvalue weighted by Gasteiger charge is 2.34. The first-order chi connectivity index (χ1) is 9.90. The summed E-state index contributed by atoms with van der Waals surface area (Å²) in [5, 5.41) is 10.4. The first kappa shape index (κ1) is 14.1. The van der Waals surface area contributed by atoms with Gasteiger partial charge in [-0.15, -0.1) is 5.10 Å². The van der Waals surface area contributed by atoms with Gasteiger partial charge in [-0.05, 0) is 60.5 Å². The fraction of sp³-hybridized carbons (Fsp3) is 0.357. The van der Waals surface area contributed by atoms with Crippen molar-refractivity contribution in [3.05, 3.63) is 34.1 Å². The fourth-order valence-corrected chi connectivity index (χ4v) is 2.87. The number of hydrogen-bond acceptors (Lipinski definition) is 4. The number of aryl methyl sites for hydroxylation is 1. The molecule has 2 heterocycles. The second kappa shape index (κ2) is 4.84. The monoisotopic (exact) mass is 349 g/mol. The molecule has 1 aromatic carbocycles. The van der Waals surface area contributed by atoms with E-state index in [1.54, 1.807) is 4.68 Å². The summed E-state index contributed by atoms with van der Waals surface area (Å²) < 4.78 is 2.32. The van der Waals surface area contributed by atoms with Crippen LogP contribution >= 0.6 is 15.9 Å². The van der Waals surface area contributed by atoms with E-state index in [4.69, 9.17) is 0 Å². The van der Waals surface area contributed by atoms with Crippen molar-refractivity contribution < 1.29 is 4.79 Å². The Bertz CT molecular complexity index is 722. The number of rotatable bonds is 3. The van der Waals surface area contributed by atoms with Gasteiger partial charge in [-0.2, -0.15) is 4.98 Å². The van der Waals surface area contributed by atoms with Gasteiger partial charge in [-0.25, -0.2) is 4.68 Å². The number of carbonyl (C=O) groups is 1. The maximum atomic E-state index is 11.9. The summed E-state index contributed by atoms with van der Waals surface area (Å²) in [6, 6.07) is 5.70. The first-order valence-corrected chi connectivity index (χ1v) is 7.54. The zero-order valence-electron chi connectivity index (χ0n) is 12.1. The maximum Gasteiger partial charge on any atom is 0.252 e. The van der Waals surface area contributed by atoms with Gasteiger partial charge in [0.15, 0.2) is 0 Å². The topological polar surface area (TPSA) is 71.8 Å². The standard InChI is InChI=1S/C14H16BrN5O/c1-4-20-13(17-12(15)19-20)16-8-5-6-9-10(7-8)14(2,3)18-11(9)21/h5-7H,4H2,1-3H3,(H,18,21)(H,16,17,19). The molecule has 1 aromatic heterocycles. The van der Waals surface area contributed by atoms with E-state index in [2.05, 4.69) is 36.6 Å². The van der Waals surface area contributed by atoms with Crippen LogP contribution in [0, 0.1) is 0 Å². The predicted molar refractivity (Wildman–Crippen MR) is 83.6 cm³/mol. The van der Waals surface area contributed by atoms with E-state index >= 15 is 0 Å². The lowest BCUT2D eigenvalue weighted by Gasteiger charge is -2.19. The summed E-state index contributed by atoms with van der Waals surface area (Å²) >= 11 is 3.28. The van der Waals surface area contributed by atoms with Crippen LogP contribution in [0.4, 0.5) is 11.6 Å². The molecule has 0 saturated carbocycles. The van der Waals surface area contributed by atoms with E-state index < -0.39 is 0 Å². The van der Waals surface area contributed by atoms with E-state index in [-0.39, 0.29) is 11.4 Å². The molecule has 1 aliphatic heterocycles. The normalized spacial score (nSPS) is 15.7. The van der Waals surface area contributed by atoms with Gasteiger partial charge in [0.05, 0.1) is 5.54 Å². The SMILES string of the molecule is CCn1nc(Br)nc1Nc1ccc2c(c1)C(C)(C)NC2=O. The number of halogens is 1. The Hall–Kier alpha value is -1.89. The molecule has 2 N–H and O–H groups in total. The number of fused-ring (bicyclic) bond motifs is 1. The van der Waals surface area contributed by atoms with Gasteiger partial charge in [0.1, 0.15) is 0 Å². The second-order valence-electron chi connectivity index (χ2n) is 5.48. The molecule has 0 fully saturated rings. The van der Waals surface area contributed by atoms with E-state index in [1.165, 1.54) is 0 Å². The molecule has 7 heteroatoms. The Morgan fingerprint density at radius 2 is 2.19 bits per heavy atom. The molecule has 0 spiro atoms. The van der Waals surface area contributed by atoms with Gasteiger partial charge >= 0.3 is 0 Å². The lowest BCUT2D eigenvalue weighted by atomic mass is 9.94. The van der Waals surface area contributed by atoms with Crippen LogP contribution in [0.5, 0.6) is 0 Å². The van der Waals surface area contributed by atoms with E-state index in [9.17, 15) is 4.79 Å². The molecular weight excluding hydrogens is 334 g/mol. The van der Waals surface area contributed by atoms with Crippen LogP contribution in [0.25, 0.3) is 0 Å². The molecule has 6 nitrogen and oxygen atoms in total. The molecule has 0 aliphatic carbocycles. The number of amides is 1. The van der Waals surface area contributed by atoms with Crippen molar-refractivity contribution in [3.63, 3.8) is 0 Å². The number of anilines is 2.